The van der Waals surface area contributed by atoms with Crippen LogP contribution in [-0.4, -0.2) is 5.54 Å². The standard InChI is InChI=1S/C15H17NS/c16-15(9-12-6-8-17-11-12)7-5-13-3-1-2-4-14(13)10-15/h1-4,6,8,11H,5,7,9-10,16H2. The highest BCUT2D eigenvalue weighted by Gasteiger charge is 2.30. The molecule has 0 fully saturated rings. The summed E-state index contributed by atoms with van der Waals surface area (Å²) in [4.78, 5) is 0. The van der Waals surface area contributed by atoms with E-state index in [1.165, 1.54) is 16.7 Å². The van der Waals surface area contributed by atoms with Gasteiger partial charge in [0.15, 0.2) is 0 Å². The predicted molar refractivity (Wildman–Crippen MR) is 73.4 cm³/mol. The van der Waals surface area contributed by atoms with Crippen LogP contribution in [0, 0.1) is 0 Å². The Morgan fingerprint density at radius 3 is 2.76 bits per heavy atom. The molecule has 0 bridgehead atoms. The summed E-state index contributed by atoms with van der Waals surface area (Å²) < 4.78 is 0. The van der Waals surface area contributed by atoms with Crippen molar-refractivity contribution in [3.8, 4) is 0 Å². The maximum atomic E-state index is 6.57. The van der Waals surface area contributed by atoms with E-state index in [0.29, 0.717) is 0 Å². The molecule has 0 spiro atoms. The monoisotopic (exact) mass is 243 g/mol. The Morgan fingerprint density at radius 2 is 2.00 bits per heavy atom. The van der Waals surface area contributed by atoms with E-state index in [4.69, 9.17) is 5.73 Å². The third kappa shape index (κ3) is 2.28. The molecule has 2 heteroatoms. The quantitative estimate of drug-likeness (QED) is 0.861. The van der Waals surface area contributed by atoms with Gasteiger partial charge in [0.25, 0.3) is 0 Å². The largest absolute Gasteiger partial charge is 0.324 e. The molecular weight excluding hydrogens is 226 g/mol. The van der Waals surface area contributed by atoms with Gasteiger partial charge >= 0.3 is 0 Å². The Morgan fingerprint density at radius 1 is 1.18 bits per heavy atom. The lowest BCUT2D eigenvalue weighted by Gasteiger charge is -2.34. The molecule has 1 heterocycles. The molecule has 1 nitrogen and oxygen atoms in total. The molecule has 1 aromatic carbocycles. The van der Waals surface area contributed by atoms with E-state index in [-0.39, 0.29) is 5.54 Å². The summed E-state index contributed by atoms with van der Waals surface area (Å²) in [6, 6.07) is 10.9. The van der Waals surface area contributed by atoms with Gasteiger partial charge in [0.2, 0.25) is 0 Å². The van der Waals surface area contributed by atoms with Crippen molar-refractivity contribution in [1.82, 2.24) is 0 Å². The van der Waals surface area contributed by atoms with Crippen molar-refractivity contribution in [2.45, 2.75) is 31.2 Å². The summed E-state index contributed by atoms with van der Waals surface area (Å²) in [5, 5.41) is 4.35. The first kappa shape index (κ1) is 11.0. The average Bonchev–Trinajstić information content (AvgIpc) is 2.81. The highest BCUT2D eigenvalue weighted by Crippen LogP contribution is 2.30. The van der Waals surface area contributed by atoms with Gasteiger partial charge in [0.05, 0.1) is 0 Å². The second-order valence-electron chi connectivity index (χ2n) is 5.12. The van der Waals surface area contributed by atoms with Gasteiger partial charge in [0.1, 0.15) is 0 Å². The molecule has 1 aromatic heterocycles. The zero-order valence-corrected chi connectivity index (χ0v) is 10.7. The number of hydrogen-bond donors (Lipinski definition) is 1. The van der Waals surface area contributed by atoms with E-state index in [1.807, 2.05) is 0 Å². The zero-order valence-electron chi connectivity index (χ0n) is 9.86. The lowest BCUT2D eigenvalue weighted by molar-refractivity contribution is 0.369. The molecule has 0 amide bonds. The van der Waals surface area contributed by atoms with Gasteiger partial charge in [-0.25, -0.2) is 0 Å². The van der Waals surface area contributed by atoms with E-state index in [9.17, 15) is 0 Å². The lowest BCUT2D eigenvalue weighted by atomic mass is 9.76. The summed E-state index contributed by atoms with van der Waals surface area (Å²) in [6.07, 6.45) is 4.24. The number of benzene rings is 1. The second kappa shape index (κ2) is 4.28. The van der Waals surface area contributed by atoms with Gasteiger partial charge in [-0.2, -0.15) is 11.3 Å². The van der Waals surface area contributed by atoms with Crippen molar-refractivity contribution in [2.75, 3.05) is 0 Å². The summed E-state index contributed by atoms with van der Waals surface area (Å²) in [5.41, 5.74) is 10.8. The van der Waals surface area contributed by atoms with Crippen molar-refractivity contribution in [3.05, 3.63) is 57.8 Å². The van der Waals surface area contributed by atoms with E-state index in [2.05, 4.69) is 41.1 Å². The Kier molecular flexibility index (Phi) is 2.77. The average molecular weight is 243 g/mol. The Hall–Kier alpha value is -1.12. The second-order valence-corrected chi connectivity index (χ2v) is 5.90. The van der Waals surface area contributed by atoms with Crippen molar-refractivity contribution in [1.29, 1.82) is 0 Å². The summed E-state index contributed by atoms with van der Waals surface area (Å²) in [7, 11) is 0. The van der Waals surface area contributed by atoms with Gasteiger partial charge in [-0.3, -0.25) is 0 Å². The third-order valence-corrected chi connectivity index (χ3v) is 4.42. The highest BCUT2D eigenvalue weighted by molar-refractivity contribution is 7.07. The molecule has 0 aliphatic heterocycles. The first-order valence-corrected chi connectivity index (χ1v) is 7.06. The minimum atomic E-state index is -0.0462. The normalized spacial score (nSPS) is 23.4. The topological polar surface area (TPSA) is 26.0 Å². The Labute approximate surface area is 106 Å². The molecule has 17 heavy (non-hydrogen) atoms. The fourth-order valence-electron chi connectivity index (χ4n) is 2.78. The number of thiophene rings is 1. The number of fused-ring (bicyclic) bond motifs is 1. The van der Waals surface area contributed by atoms with Crippen LogP contribution < -0.4 is 5.73 Å². The van der Waals surface area contributed by atoms with Crippen LogP contribution in [0.4, 0.5) is 0 Å². The van der Waals surface area contributed by atoms with Crippen molar-refractivity contribution in [2.24, 2.45) is 5.73 Å². The van der Waals surface area contributed by atoms with E-state index >= 15 is 0 Å². The first-order valence-electron chi connectivity index (χ1n) is 6.12. The van der Waals surface area contributed by atoms with Crippen molar-refractivity contribution >= 4 is 11.3 Å². The third-order valence-electron chi connectivity index (χ3n) is 3.69. The molecule has 2 N–H and O–H groups in total. The molecule has 0 radical (unpaired) electrons. The van der Waals surface area contributed by atoms with Gasteiger partial charge in [0, 0.05) is 5.54 Å². The molecule has 0 saturated carbocycles. The highest BCUT2D eigenvalue weighted by atomic mass is 32.1. The number of nitrogens with two attached hydrogens (primary N) is 1. The first-order chi connectivity index (χ1) is 8.25. The maximum absolute atomic E-state index is 6.57. The summed E-state index contributed by atoms with van der Waals surface area (Å²) >= 11 is 1.76. The van der Waals surface area contributed by atoms with Gasteiger partial charge in [-0.05, 0) is 59.2 Å². The molecule has 2 aromatic rings. The van der Waals surface area contributed by atoms with Crippen LogP contribution in [0.5, 0.6) is 0 Å². The SMILES string of the molecule is NC1(Cc2ccsc2)CCc2ccccc2C1. The molecule has 3 rings (SSSR count). The van der Waals surface area contributed by atoms with Crippen molar-refractivity contribution < 1.29 is 0 Å². The van der Waals surface area contributed by atoms with Gasteiger partial charge in [-0.1, -0.05) is 24.3 Å². The van der Waals surface area contributed by atoms with Crippen LogP contribution in [0.15, 0.2) is 41.1 Å². The maximum Gasteiger partial charge on any atom is 0.0239 e. The fraction of sp³-hybridized carbons (Fsp3) is 0.333. The van der Waals surface area contributed by atoms with Crippen LogP contribution >= 0.6 is 11.3 Å². The van der Waals surface area contributed by atoms with E-state index in [0.717, 1.165) is 25.7 Å². The number of rotatable bonds is 2. The van der Waals surface area contributed by atoms with Crippen LogP contribution in [0.25, 0.3) is 0 Å². The molecule has 0 saturated heterocycles. The van der Waals surface area contributed by atoms with Crippen molar-refractivity contribution in [3.63, 3.8) is 0 Å². The van der Waals surface area contributed by atoms with Crippen LogP contribution in [0.3, 0.4) is 0 Å². The molecular formula is C15H17NS. The number of hydrogen-bond acceptors (Lipinski definition) is 2. The molecule has 1 atom stereocenters. The predicted octanol–water partition coefficient (Wildman–Crippen LogP) is 3.18. The van der Waals surface area contributed by atoms with Crippen LogP contribution in [-0.2, 0) is 19.3 Å². The fourth-order valence-corrected chi connectivity index (χ4v) is 3.44. The summed E-state index contributed by atoms with van der Waals surface area (Å²) in [6.45, 7) is 0. The van der Waals surface area contributed by atoms with Crippen LogP contribution in [0.1, 0.15) is 23.1 Å². The minimum absolute atomic E-state index is 0.0462. The Balaban J connectivity index is 1.82. The van der Waals surface area contributed by atoms with E-state index in [1.54, 1.807) is 11.3 Å². The van der Waals surface area contributed by atoms with E-state index < -0.39 is 0 Å². The smallest absolute Gasteiger partial charge is 0.0239 e. The minimum Gasteiger partial charge on any atom is -0.324 e. The number of aryl methyl sites for hydroxylation is 1. The molecule has 1 unspecified atom stereocenters. The Bertz CT molecular complexity index is 503. The molecule has 1 aliphatic rings. The zero-order chi connectivity index (χ0) is 11.7. The molecule has 88 valence electrons. The van der Waals surface area contributed by atoms with Gasteiger partial charge < -0.3 is 5.73 Å². The van der Waals surface area contributed by atoms with Gasteiger partial charge in [-0.15, -0.1) is 0 Å². The van der Waals surface area contributed by atoms with Crippen LogP contribution in [0.2, 0.25) is 0 Å². The summed E-state index contributed by atoms with van der Waals surface area (Å²) in [5.74, 6) is 0. The lowest BCUT2D eigenvalue weighted by Crippen LogP contribution is -2.47. The molecule has 1 aliphatic carbocycles.